The molecule has 126 valence electrons. The highest BCUT2D eigenvalue weighted by atomic mass is 32.1. The number of thiophene rings is 2. The summed E-state index contributed by atoms with van der Waals surface area (Å²) < 4.78 is 0. The number of nitrogens with one attached hydrogen (secondary N) is 2. The minimum absolute atomic E-state index is 0.0612. The van der Waals surface area contributed by atoms with Gasteiger partial charge in [0.1, 0.15) is 5.00 Å². The van der Waals surface area contributed by atoms with Gasteiger partial charge < -0.3 is 10.6 Å². The normalized spacial score (nSPS) is 16.5. The molecule has 0 atom stereocenters. The first kappa shape index (κ1) is 15.8. The number of hydrogen-bond acceptors (Lipinski definition) is 4. The van der Waals surface area contributed by atoms with E-state index in [2.05, 4.69) is 10.6 Å². The number of rotatable bonds is 5. The molecule has 2 N–H and O–H groups in total. The van der Waals surface area contributed by atoms with Crippen LogP contribution in [-0.2, 0) is 24.2 Å². The third kappa shape index (κ3) is 3.26. The van der Waals surface area contributed by atoms with Crippen LogP contribution >= 0.6 is 22.7 Å². The van der Waals surface area contributed by atoms with E-state index in [4.69, 9.17) is 0 Å². The van der Waals surface area contributed by atoms with Crippen molar-refractivity contribution in [3.8, 4) is 0 Å². The van der Waals surface area contributed by atoms with Crippen molar-refractivity contribution in [2.45, 2.75) is 45.1 Å². The Morgan fingerprint density at radius 1 is 1.21 bits per heavy atom. The minimum atomic E-state index is -0.0612. The van der Waals surface area contributed by atoms with Crippen LogP contribution in [0.3, 0.4) is 0 Å². The summed E-state index contributed by atoms with van der Waals surface area (Å²) >= 11 is 3.23. The third-order valence-corrected chi connectivity index (χ3v) is 6.67. The van der Waals surface area contributed by atoms with Crippen LogP contribution in [-0.4, -0.2) is 11.8 Å². The Morgan fingerprint density at radius 3 is 2.79 bits per heavy atom. The van der Waals surface area contributed by atoms with Crippen LogP contribution < -0.4 is 10.6 Å². The van der Waals surface area contributed by atoms with Gasteiger partial charge in [-0.1, -0.05) is 6.07 Å². The van der Waals surface area contributed by atoms with Crippen molar-refractivity contribution in [2.24, 2.45) is 5.92 Å². The molecule has 0 spiro atoms. The van der Waals surface area contributed by atoms with Crippen molar-refractivity contribution in [2.75, 3.05) is 5.32 Å². The maximum Gasteiger partial charge on any atom is 0.254 e. The van der Waals surface area contributed by atoms with Gasteiger partial charge in [0.15, 0.2) is 0 Å². The Bertz CT molecular complexity index is 760. The Morgan fingerprint density at radius 2 is 2.04 bits per heavy atom. The fourth-order valence-corrected chi connectivity index (χ4v) is 5.06. The lowest BCUT2D eigenvalue weighted by Gasteiger charge is -2.13. The first-order valence-electron chi connectivity index (χ1n) is 8.48. The van der Waals surface area contributed by atoms with Gasteiger partial charge in [-0.05, 0) is 55.5 Å². The van der Waals surface area contributed by atoms with Gasteiger partial charge >= 0.3 is 0 Å². The monoisotopic (exact) mass is 360 g/mol. The maximum atomic E-state index is 12.8. The summed E-state index contributed by atoms with van der Waals surface area (Å²) in [4.78, 5) is 27.4. The Labute approximate surface area is 149 Å². The van der Waals surface area contributed by atoms with Gasteiger partial charge in [0.05, 0.1) is 12.1 Å². The Balaban J connectivity index is 1.57. The van der Waals surface area contributed by atoms with Crippen molar-refractivity contribution >= 4 is 39.5 Å². The summed E-state index contributed by atoms with van der Waals surface area (Å²) in [5.41, 5.74) is 1.86. The predicted molar refractivity (Wildman–Crippen MR) is 97.8 cm³/mol. The molecule has 0 aromatic carbocycles. The maximum absolute atomic E-state index is 12.8. The quantitative estimate of drug-likeness (QED) is 0.848. The zero-order valence-corrected chi connectivity index (χ0v) is 15.0. The molecule has 1 saturated carbocycles. The molecule has 0 unspecified atom stereocenters. The molecule has 2 heterocycles. The first-order chi connectivity index (χ1) is 11.7. The molecular formula is C18H20N2O2S2. The molecule has 2 aliphatic rings. The first-order valence-corrected chi connectivity index (χ1v) is 10.2. The van der Waals surface area contributed by atoms with Gasteiger partial charge in [-0.2, -0.15) is 0 Å². The Kier molecular flexibility index (Phi) is 4.41. The topological polar surface area (TPSA) is 58.2 Å². The molecule has 0 bridgehead atoms. The number of amides is 2. The van der Waals surface area contributed by atoms with Crippen LogP contribution in [0.1, 0.15) is 51.4 Å². The zero-order chi connectivity index (χ0) is 16.5. The van der Waals surface area contributed by atoms with Gasteiger partial charge in [-0.3, -0.25) is 9.59 Å². The highest BCUT2D eigenvalue weighted by Gasteiger charge is 2.32. The van der Waals surface area contributed by atoms with Crippen LogP contribution in [0.2, 0.25) is 0 Å². The smallest absolute Gasteiger partial charge is 0.254 e. The molecule has 4 rings (SSSR count). The summed E-state index contributed by atoms with van der Waals surface area (Å²) in [7, 11) is 0. The lowest BCUT2D eigenvalue weighted by Crippen LogP contribution is -2.25. The van der Waals surface area contributed by atoms with Crippen LogP contribution in [0, 0.1) is 5.92 Å². The lowest BCUT2D eigenvalue weighted by molar-refractivity contribution is -0.117. The standard InChI is InChI=1S/C18H20N2O2S2/c21-16(11-7-8-11)20-18-15(13-5-1-2-6-14(13)24-18)17(22)19-10-12-4-3-9-23-12/h3-4,9,11H,1-2,5-8,10H2,(H,19,22)(H,20,21). The number of fused-ring (bicyclic) bond motifs is 1. The van der Waals surface area contributed by atoms with Crippen LogP contribution in [0.25, 0.3) is 0 Å². The fourth-order valence-electron chi connectivity index (χ4n) is 3.12. The molecule has 2 aromatic rings. The van der Waals surface area contributed by atoms with Gasteiger partial charge in [-0.15, -0.1) is 22.7 Å². The molecule has 6 heteroatoms. The summed E-state index contributed by atoms with van der Waals surface area (Å²) in [6.45, 7) is 0.539. The number of aryl methyl sites for hydroxylation is 1. The van der Waals surface area contributed by atoms with E-state index in [1.807, 2.05) is 17.5 Å². The number of carbonyl (C=O) groups is 2. The summed E-state index contributed by atoms with van der Waals surface area (Å²) in [5.74, 6) is 0.154. The molecule has 0 radical (unpaired) electrons. The highest BCUT2D eigenvalue weighted by Crippen LogP contribution is 2.39. The largest absolute Gasteiger partial charge is 0.347 e. The summed E-state index contributed by atoms with van der Waals surface area (Å²) in [6, 6.07) is 4.00. The van der Waals surface area contributed by atoms with Gasteiger partial charge in [0, 0.05) is 15.7 Å². The van der Waals surface area contributed by atoms with E-state index in [1.54, 1.807) is 22.7 Å². The van der Waals surface area contributed by atoms with Crippen molar-refractivity contribution in [1.82, 2.24) is 5.32 Å². The molecular weight excluding hydrogens is 340 g/mol. The predicted octanol–water partition coefficient (Wildman–Crippen LogP) is 3.97. The van der Waals surface area contributed by atoms with Crippen LogP contribution in [0.4, 0.5) is 5.00 Å². The molecule has 0 saturated heterocycles. The van der Waals surface area contributed by atoms with E-state index in [1.165, 1.54) is 11.3 Å². The van der Waals surface area contributed by atoms with E-state index in [0.29, 0.717) is 12.1 Å². The average molecular weight is 361 g/mol. The second kappa shape index (κ2) is 6.69. The van der Waals surface area contributed by atoms with Gasteiger partial charge in [0.2, 0.25) is 5.91 Å². The molecule has 1 fully saturated rings. The third-order valence-electron chi connectivity index (χ3n) is 4.59. The summed E-state index contributed by atoms with van der Waals surface area (Å²) in [6.07, 6.45) is 6.18. The second-order valence-corrected chi connectivity index (χ2v) is 8.58. The number of anilines is 1. The minimum Gasteiger partial charge on any atom is -0.347 e. The van der Waals surface area contributed by atoms with Crippen molar-refractivity contribution < 1.29 is 9.59 Å². The van der Waals surface area contributed by atoms with E-state index in [-0.39, 0.29) is 17.7 Å². The molecule has 2 aliphatic carbocycles. The number of hydrogen-bond donors (Lipinski definition) is 2. The van der Waals surface area contributed by atoms with Crippen molar-refractivity contribution in [3.63, 3.8) is 0 Å². The second-order valence-electron chi connectivity index (χ2n) is 6.44. The van der Waals surface area contributed by atoms with E-state index in [9.17, 15) is 9.59 Å². The molecule has 4 nitrogen and oxygen atoms in total. The van der Waals surface area contributed by atoms with Gasteiger partial charge in [0.25, 0.3) is 5.91 Å². The molecule has 24 heavy (non-hydrogen) atoms. The number of carbonyl (C=O) groups excluding carboxylic acids is 2. The average Bonchev–Trinajstić information content (AvgIpc) is 3.19. The SMILES string of the molecule is O=C(NCc1cccs1)c1c(NC(=O)C2CC2)sc2c1CCCC2. The van der Waals surface area contributed by atoms with Crippen LogP contribution in [0.15, 0.2) is 17.5 Å². The van der Waals surface area contributed by atoms with Crippen LogP contribution in [0.5, 0.6) is 0 Å². The van der Waals surface area contributed by atoms with E-state index < -0.39 is 0 Å². The molecule has 0 aliphatic heterocycles. The molecule has 2 aromatic heterocycles. The van der Waals surface area contributed by atoms with E-state index >= 15 is 0 Å². The highest BCUT2D eigenvalue weighted by molar-refractivity contribution is 7.17. The summed E-state index contributed by atoms with van der Waals surface area (Å²) in [5, 5.41) is 8.81. The van der Waals surface area contributed by atoms with E-state index in [0.717, 1.165) is 47.5 Å². The van der Waals surface area contributed by atoms with Crippen molar-refractivity contribution in [3.05, 3.63) is 38.4 Å². The zero-order valence-electron chi connectivity index (χ0n) is 13.4. The molecule has 2 amide bonds. The Hall–Kier alpha value is -1.66. The fraction of sp³-hybridized carbons (Fsp3) is 0.444. The lowest BCUT2D eigenvalue weighted by atomic mass is 9.95. The van der Waals surface area contributed by atoms with Crippen molar-refractivity contribution in [1.29, 1.82) is 0 Å². The van der Waals surface area contributed by atoms with Gasteiger partial charge in [-0.25, -0.2) is 0 Å².